The van der Waals surface area contributed by atoms with E-state index in [1.165, 1.54) is 12.3 Å². The molecule has 0 saturated heterocycles. The number of anilines is 2. The van der Waals surface area contributed by atoms with E-state index in [0.717, 1.165) is 0 Å². The summed E-state index contributed by atoms with van der Waals surface area (Å²) in [6.07, 6.45) is 1.46. The van der Waals surface area contributed by atoms with E-state index in [9.17, 15) is 9.59 Å². The quantitative estimate of drug-likeness (QED) is 0.744. The first-order chi connectivity index (χ1) is 13.1. The molecule has 0 aliphatic rings. The van der Waals surface area contributed by atoms with Crippen molar-refractivity contribution in [2.24, 2.45) is 0 Å². The Labute approximate surface area is 156 Å². The van der Waals surface area contributed by atoms with Crippen LogP contribution in [-0.2, 0) is 0 Å². The number of benzene rings is 2. The summed E-state index contributed by atoms with van der Waals surface area (Å²) in [7, 11) is 0. The van der Waals surface area contributed by atoms with Crippen LogP contribution in [-0.4, -0.2) is 18.4 Å². The number of amides is 2. The maximum atomic E-state index is 12.5. The monoisotopic (exact) mass is 359 g/mol. The zero-order valence-corrected chi connectivity index (χ0v) is 14.7. The highest BCUT2D eigenvalue weighted by Gasteiger charge is 2.18. The third kappa shape index (κ3) is 4.05. The summed E-state index contributed by atoms with van der Waals surface area (Å²) in [5.41, 5.74) is 2.12. The molecular formula is C21H17N3O3. The Bertz CT molecular complexity index is 986. The topological polar surface area (TPSA) is 86.3 Å². The highest BCUT2D eigenvalue weighted by Crippen LogP contribution is 2.21. The van der Waals surface area contributed by atoms with Crippen LogP contribution in [0.2, 0.25) is 0 Å². The minimum Gasteiger partial charge on any atom is -0.459 e. The van der Waals surface area contributed by atoms with Crippen molar-refractivity contribution in [3.05, 3.63) is 83.8 Å². The number of hydrogen-bond donors (Lipinski definition) is 1. The average molecular weight is 359 g/mol. The number of rotatable bonds is 5. The molecule has 3 aromatic rings. The van der Waals surface area contributed by atoms with Crippen LogP contribution >= 0.6 is 0 Å². The van der Waals surface area contributed by atoms with Gasteiger partial charge in [-0.25, -0.2) is 0 Å². The Morgan fingerprint density at radius 1 is 1.11 bits per heavy atom. The summed E-state index contributed by atoms with van der Waals surface area (Å²) in [4.78, 5) is 26.4. The molecule has 1 N–H and O–H groups in total. The molecule has 0 fully saturated rings. The number of hydrogen-bond acceptors (Lipinski definition) is 4. The number of carbonyl (C=O) groups is 2. The Morgan fingerprint density at radius 2 is 1.89 bits per heavy atom. The van der Waals surface area contributed by atoms with Gasteiger partial charge in [-0.05, 0) is 61.5 Å². The standard InChI is InChI=1S/C21H17N3O3/c1-2-24(21(26)19-7-4-12-27-19)18-10-8-17(9-11-18)23-20(25)16-6-3-5-15(13-16)14-22/h3-13H,2H2,1H3,(H,23,25). The molecule has 0 radical (unpaired) electrons. The molecule has 0 spiro atoms. The molecule has 6 heteroatoms. The minimum absolute atomic E-state index is 0.229. The van der Waals surface area contributed by atoms with E-state index >= 15 is 0 Å². The van der Waals surface area contributed by atoms with Crippen molar-refractivity contribution in [2.75, 3.05) is 16.8 Å². The molecule has 1 aromatic heterocycles. The summed E-state index contributed by atoms with van der Waals surface area (Å²) in [5, 5.41) is 11.7. The molecule has 0 unspecified atom stereocenters. The Kier molecular flexibility index (Phi) is 5.33. The fourth-order valence-corrected chi connectivity index (χ4v) is 2.63. The van der Waals surface area contributed by atoms with Crippen LogP contribution in [0.25, 0.3) is 0 Å². The summed E-state index contributed by atoms with van der Waals surface area (Å²) >= 11 is 0. The van der Waals surface area contributed by atoms with Crippen molar-refractivity contribution < 1.29 is 14.0 Å². The van der Waals surface area contributed by atoms with Gasteiger partial charge in [-0.1, -0.05) is 6.07 Å². The summed E-state index contributed by atoms with van der Waals surface area (Å²) in [6.45, 7) is 2.35. The van der Waals surface area contributed by atoms with E-state index in [1.54, 1.807) is 59.5 Å². The molecule has 0 bridgehead atoms. The molecule has 134 valence electrons. The van der Waals surface area contributed by atoms with Crippen molar-refractivity contribution >= 4 is 23.2 Å². The first-order valence-corrected chi connectivity index (χ1v) is 8.39. The van der Waals surface area contributed by atoms with Crippen molar-refractivity contribution in [1.29, 1.82) is 5.26 Å². The van der Waals surface area contributed by atoms with Crippen molar-refractivity contribution in [3.8, 4) is 6.07 Å². The minimum atomic E-state index is -0.307. The first kappa shape index (κ1) is 18.0. The highest BCUT2D eigenvalue weighted by molar-refractivity contribution is 6.05. The molecule has 27 heavy (non-hydrogen) atoms. The Balaban J connectivity index is 1.73. The fourth-order valence-electron chi connectivity index (χ4n) is 2.63. The lowest BCUT2D eigenvalue weighted by Gasteiger charge is -2.20. The van der Waals surface area contributed by atoms with Gasteiger partial charge < -0.3 is 14.6 Å². The second-order valence-corrected chi connectivity index (χ2v) is 5.72. The van der Waals surface area contributed by atoms with Gasteiger partial charge in [0.2, 0.25) is 0 Å². The Morgan fingerprint density at radius 3 is 2.52 bits per heavy atom. The number of nitrogens with one attached hydrogen (secondary N) is 1. The summed E-state index contributed by atoms with van der Waals surface area (Å²) in [5.74, 6) is -0.266. The third-order valence-electron chi connectivity index (χ3n) is 3.98. The lowest BCUT2D eigenvalue weighted by atomic mass is 10.1. The second kappa shape index (κ2) is 8.02. The van der Waals surface area contributed by atoms with Gasteiger partial charge in [-0.3, -0.25) is 9.59 Å². The second-order valence-electron chi connectivity index (χ2n) is 5.72. The van der Waals surface area contributed by atoms with Crippen LogP contribution in [0.4, 0.5) is 11.4 Å². The smallest absolute Gasteiger partial charge is 0.293 e. The van der Waals surface area contributed by atoms with Crippen LogP contribution in [0.15, 0.2) is 71.3 Å². The van der Waals surface area contributed by atoms with E-state index in [1.807, 2.05) is 13.0 Å². The molecule has 2 amide bonds. The largest absolute Gasteiger partial charge is 0.459 e. The number of nitriles is 1. The predicted molar refractivity (Wildman–Crippen MR) is 102 cm³/mol. The maximum Gasteiger partial charge on any atom is 0.293 e. The van der Waals surface area contributed by atoms with Crippen molar-refractivity contribution in [2.45, 2.75) is 6.92 Å². The van der Waals surface area contributed by atoms with E-state index in [-0.39, 0.29) is 17.6 Å². The van der Waals surface area contributed by atoms with E-state index in [0.29, 0.717) is 29.0 Å². The van der Waals surface area contributed by atoms with Gasteiger partial charge in [-0.2, -0.15) is 5.26 Å². The van der Waals surface area contributed by atoms with Crippen LogP contribution in [0.3, 0.4) is 0 Å². The van der Waals surface area contributed by atoms with E-state index in [4.69, 9.17) is 9.68 Å². The molecule has 6 nitrogen and oxygen atoms in total. The van der Waals surface area contributed by atoms with Gasteiger partial charge in [0.25, 0.3) is 11.8 Å². The molecule has 0 atom stereocenters. The fraction of sp³-hybridized carbons (Fsp3) is 0.0952. The lowest BCUT2D eigenvalue weighted by molar-refractivity contribution is 0.0960. The van der Waals surface area contributed by atoms with Crippen molar-refractivity contribution in [1.82, 2.24) is 0 Å². The molecule has 0 aliphatic carbocycles. The van der Waals surface area contributed by atoms with Crippen LogP contribution in [0.1, 0.15) is 33.4 Å². The third-order valence-corrected chi connectivity index (χ3v) is 3.98. The molecule has 3 rings (SSSR count). The highest BCUT2D eigenvalue weighted by atomic mass is 16.3. The summed E-state index contributed by atoms with van der Waals surface area (Å²) < 4.78 is 5.17. The Hall–Kier alpha value is -3.85. The van der Waals surface area contributed by atoms with Crippen LogP contribution < -0.4 is 10.2 Å². The zero-order chi connectivity index (χ0) is 19.2. The molecule has 1 heterocycles. The number of carbonyl (C=O) groups excluding carboxylic acids is 2. The van der Waals surface area contributed by atoms with Crippen LogP contribution in [0.5, 0.6) is 0 Å². The normalized spacial score (nSPS) is 10.1. The van der Waals surface area contributed by atoms with E-state index in [2.05, 4.69) is 5.32 Å². The number of nitrogens with zero attached hydrogens (tertiary/aromatic N) is 2. The zero-order valence-electron chi connectivity index (χ0n) is 14.7. The molecule has 2 aromatic carbocycles. The SMILES string of the molecule is CCN(C(=O)c1ccco1)c1ccc(NC(=O)c2cccc(C#N)c2)cc1. The lowest BCUT2D eigenvalue weighted by Crippen LogP contribution is -2.30. The van der Waals surface area contributed by atoms with Gasteiger partial charge in [0.1, 0.15) is 0 Å². The maximum absolute atomic E-state index is 12.5. The van der Waals surface area contributed by atoms with E-state index < -0.39 is 0 Å². The van der Waals surface area contributed by atoms with Crippen LogP contribution in [0, 0.1) is 11.3 Å². The predicted octanol–water partition coefficient (Wildman–Crippen LogP) is 4.07. The van der Waals surface area contributed by atoms with Gasteiger partial charge >= 0.3 is 0 Å². The molecular weight excluding hydrogens is 342 g/mol. The summed E-state index contributed by atoms with van der Waals surface area (Å²) in [6, 6.07) is 18.7. The van der Waals surface area contributed by atoms with Gasteiger partial charge in [0, 0.05) is 23.5 Å². The van der Waals surface area contributed by atoms with Gasteiger partial charge in [-0.15, -0.1) is 0 Å². The molecule has 0 aliphatic heterocycles. The first-order valence-electron chi connectivity index (χ1n) is 8.39. The average Bonchev–Trinajstić information content (AvgIpc) is 3.24. The van der Waals surface area contributed by atoms with Gasteiger partial charge in [0.05, 0.1) is 17.9 Å². The van der Waals surface area contributed by atoms with Gasteiger partial charge in [0.15, 0.2) is 5.76 Å². The molecule has 0 saturated carbocycles. The number of furan rings is 1. The van der Waals surface area contributed by atoms with Crippen molar-refractivity contribution in [3.63, 3.8) is 0 Å².